The highest BCUT2D eigenvalue weighted by atomic mass is 31.2. The number of fused-ring (bicyclic) bond motifs is 2. The maximum absolute atomic E-state index is 11.6. The van der Waals surface area contributed by atoms with Gasteiger partial charge in [0.1, 0.15) is 0 Å². The first-order valence-electron chi connectivity index (χ1n) is 11.7. The molecule has 36 heavy (non-hydrogen) atoms. The first-order chi connectivity index (χ1) is 16.7. The summed E-state index contributed by atoms with van der Waals surface area (Å²) in [6, 6.07) is 7.76. The van der Waals surface area contributed by atoms with Gasteiger partial charge >= 0.3 is 15.2 Å². The lowest BCUT2D eigenvalue weighted by molar-refractivity contribution is 0.347. The Hall–Kier alpha value is -2.38. The van der Waals surface area contributed by atoms with Gasteiger partial charge in [-0.15, -0.1) is 0 Å². The van der Waals surface area contributed by atoms with Crippen LogP contribution in [0.3, 0.4) is 0 Å². The van der Waals surface area contributed by atoms with Crippen LogP contribution in [0.1, 0.15) is 35.1 Å². The highest BCUT2D eigenvalue weighted by Crippen LogP contribution is 2.49. The van der Waals surface area contributed by atoms with Gasteiger partial charge in [-0.1, -0.05) is 36.4 Å². The largest absolute Gasteiger partial charge is 0.398 e. The molecule has 0 spiro atoms. The number of rotatable bonds is 7. The van der Waals surface area contributed by atoms with Crippen LogP contribution >= 0.6 is 15.2 Å². The molecular weight excluding hydrogens is 500 g/mol. The molecule has 0 fully saturated rings. The summed E-state index contributed by atoms with van der Waals surface area (Å²) in [5.41, 5.74) is 19.4. The summed E-state index contributed by atoms with van der Waals surface area (Å²) in [7, 11) is -8.58. The van der Waals surface area contributed by atoms with Crippen molar-refractivity contribution in [2.75, 3.05) is 28.7 Å². The minimum atomic E-state index is -4.29. The van der Waals surface area contributed by atoms with Gasteiger partial charge in [-0.05, 0) is 49.9 Å². The van der Waals surface area contributed by atoms with Gasteiger partial charge < -0.3 is 35.9 Å². The maximum Gasteiger partial charge on any atom is 0.325 e. The van der Waals surface area contributed by atoms with Gasteiger partial charge in [0.15, 0.2) is 0 Å². The van der Waals surface area contributed by atoms with E-state index in [1.165, 1.54) is 0 Å². The summed E-state index contributed by atoms with van der Waals surface area (Å²) in [5.74, 6) is 0. The molecule has 0 aromatic heterocycles. The molecule has 8 N–H and O–H groups in total. The van der Waals surface area contributed by atoms with Gasteiger partial charge in [-0.3, -0.25) is 9.13 Å². The Morgan fingerprint density at radius 1 is 0.833 bits per heavy atom. The first-order valence-corrected chi connectivity index (χ1v) is 15.3. The lowest BCUT2D eigenvalue weighted by Crippen LogP contribution is -2.35. The van der Waals surface area contributed by atoms with E-state index in [1.54, 1.807) is 0 Å². The molecule has 9 nitrogen and oxygen atoms in total. The standard InChI is InChI=1S/C25H33N3O6P2/c1-16-3-5-21-19(23(16)26)15-20-22(6-4-17(2)24(20)27)28(21)18-7-9-25(10-8-18,11-13-35(29,30)31)12-14-36(32,33)34/h3-10,18H,11-15,26-27H2,1-2H3,(H2,29,30,31)(H2,32,33,34). The number of aryl methyl sites for hydroxylation is 2. The normalized spacial score (nSPS) is 17.2. The molecular formula is C25H33N3O6P2. The van der Waals surface area contributed by atoms with E-state index >= 15 is 0 Å². The molecule has 0 saturated carbocycles. The van der Waals surface area contributed by atoms with E-state index in [0.29, 0.717) is 17.8 Å². The molecule has 1 heterocycles. The molecule has 1 aliphatic heterocycles. The fraction of sp³-hybridized carbons (Fsp3) is 0.360. The van der Waals surface area contributed by atoms with Gasteiger partial charge in [0.25, 0.3) is 0 Å². The quantitative estimate of drug-likeness (QED) is 0.174. The van der Waals surface area contributed by atoms with Crippen molar-refractivity contribution in [1.82, 2.24) is 0 Å². The Morgan fingerprint density at radius 3 is 1.64 bits per heavy atom. The zero-order chi connectivity index (χ0) is 26.5. The van der Waals surface area contributed by atoms with Crippen LogP contribution in [-0.4, -0.2) is 37.9 Å². The minimum absolute atomic E-state index is 0.0719. The topological polar surface area (TPSA) is 170 Å². The third kappa shape index (κ3) is 5.47. The van der Waals surface area contributed by atoms with Crippen LogP contribution in [-0.2, 0) is 15.6 Å². The molecule has 11 heteroatoms. The average molecular weight is 534 g/mol. The molecule has 0 saturated heterocycles. The van der Waals surface area contributed by atoms with Crippen LogP contribution in [0.25, 0.3) is 0 Å². The van der Waals surface area contributed by atoms with Gasteiger partial charge in [-0.25, -0.2) is 0 Å². The van der Waals surface area contributed by atoms with Crippen molar-refractivity contribution in [3.05, 3.63) is 70.8 Å². The van der Waals surface area contributed by atoms with Crippen molar-refractivity contribution >= 4 is 37.9 Å². The fourth-order valence-electron chi connectivity index (χ4n) is 5.03. The van der Waals surface area contributed by atoms with Crippen molar-refractivity contribution in [2.24, 2.45) is 5.41 Å². The van der Waals surface area contributed by atoms with Crippen LogP contribution in [0.5, 0.6) is 0 Å². The van der Waals surface area contributed by atoms with Crippen molar-refractivity contribution < 1.29 is 28.7 Å². The third-order valence-electron chi connectivity index (χ3n) is 7.26. The van der Waals surface area contributed by atoms with Crippen molar-refractivity contribution in [3.8, 4) is 0 Å². The monoisotopic (exact) mass is 533 g/mol. The summed E-state index contributed by atoms with van der Waals surface area (Å²) < 4.78 is 23.2. The van der Waals surface area contributed by atoms with Crippen molar-refractivity contribution in [2.45, 2.75) is 39.2 Å². The summed E-state index contributed by atoms with van der Waals surface area (Å²) in [4.78, 5) is 39.9. The summed E-state index contributed by atoms with van der Waals surface area (Å²) >= 11 is 0. The van der Waals surface area contributed by atoms with E-state index in [1.807, 2.05) is 62.4 Å². The molecule has 194 valence electrons. The second-order valence-corrected chi connectivity index (χ2v) is 13.4. The van der Waals surface area contributed by atoms with E-state index < -0.39 is 20.6 Å². The van der Waals surface area contributed by atoms with Crippen molar-refractivity contribution in [1.29, 1.82) is 0 Å². The first kappa shape index (κ1) is 26.7. The number of nitrogens with two attached hydrogens (primary N) is 2. The molecule has 0 atom stereocenters. The predicted molar refractivity (Wildman–Crippen MR) is 144 cm³/mol. The van der Waals surface area contributed by atoms with E-state index in [2.05, 4.69) is 4.90 Å². The molecule has 4 rings (SSSR count). The highest BCUT2D eigenvalue weighted by molar-refractivity contribution is 7.52. The Morgan fingerprint density at radius 2 is 1.25 bits per heavy atom. The molecule has 0 amide bonds. The van der Waals surface area contributed by atoms with Crippen LogP contribution in [0.2, 0.25) is 0 Å². The van der Waals surface area contributed by atoms with Crippen LogP contribution in [0.15, 0.2) is 48.6 Å². The van der Waals surface area contributed by atoms with Gasteiger partial charge in [0.05, 0.1) is 18.4 Å². The van der Waals surface area contributed by atoms with E-state index in [4.69, 9.17) is 11.5 Å². The van der Waals surface area contributed by atoms with Crippen molar-refractivity contribution in [3.63, 3.8) is 0 Å². The number of benzene rings is 2. The zero-order valence-electron chi connectivity index (χ0n) is 20.3. The molecule has 1 aliphatic carbocycles. The number of hydrogen-bond acceptors (Lipinski definition) is 5. The molecule has 2 aromatic carbocycles. The summed E-state index contributed by atoms with van der Waals surface area (Å²) in [6.07, 6.45) is 7.48. The van der Waals surface area contributed by atoms with E-state index in [9.17, 15) is 28.7 Å². The molecule has 0 radical (unpaired) electrons. The Kier molecular flexibility index (Phi) is 7.03. The Balaban J connectivity index is 1.75. The Labute approximate surface area is 210 Å². The third-order valence-corrected chi connectivity index (χ3v) is 8.87. The zero-order valence-corrected chi connectivity index (χ0v) is 22.1. The minimum Gasteiger partial charge on any atom is -0.398 e. The lowest BCUT2D eigenvalue weighted by atomic mass is 9.78. The average Bonchev–Trinajstić information content (AvgIpc) is 2.80. The van der Waals surface area contributed by atoms with Crippen LogP contribution in [0, 0.1) is 19.3 Å². The Bertz CT molecular complexity index is 1240. The second-order valence-electron chi connectivity index (χ2n) is 9.85. The van der Waals surface area contributed by atoms with Gasteiger partial charge in [-0.2, -0.15) is 0 Å². The smallest absolute Gasteiger partial charge is 0.325 e. The number of nitrogens with zero attached hydrogens (tertiary/aromatic N) is 1. The lowest BCUT2D eigenvalue weighted by Gasteiger charge is -2.41. The SMILES string of the molecule is Cc1ccc2c(c1N)Cc1c(ccc(C)c1N)N2C1C=CC(CCP(=O)(O)O)(CCP(=O)(O)O)C=C1. The van der Waals surface area contributed by atoms with Gasteiger partial charge in [0.2, 0.25) is 0 Å². The second kappa shape index (κ2) is 9.49. The molecule has 2 aromatic rings. The highest BCUT2D eigenvalue weighted by Gasteiger charge is 2.35. The maximum atomic E-state index is 11.6. The number of nitrogen functional groups attached to an aromatic ring is 2. The van der Waals surface area contributed by atoms with Crippen LogP contribution in [0.4, 0.5) is 22.7 Å². The molecule has 0 unspecified atom stereocenters. The molecule has 0 bridgehead atoms. The fourth-order valence-corrected chi connectivity index (χ4v) is 6.44. The van der Waals surface area contributed by atoms with Gasteiger partial charge in [0, 0.05) is 45.7 Å². The number of allylic oxidation sites excluding steroid dienone is 2. The van der Waals surface area contributed by atoms with Crippen LogP contribution < -0.4 is 16.4 Å². The summed E-state index contributed by atoms with van der Waals surface area (Å²) in [6.45, 7) is 3.93. The summed E-state index contributed by atoms with van der Waals surface area (Å²) in [5, 5.41) is 0. The number of hydrogen-bond donors (Lipinski definition) is 6. The van der Waals surface area contributed by atoms with E-state index in [0.717, 1.165) is 33.6 Å². The predicted octanol–water partition coefficient (Wildman–Crippen LogP) is 4.13. The molecule has 2 aliphatic rings. The van der Waals surface area contributed by atoms with E-state index in [-0.39, 0.29) is 31.2 Å². The number of anilines is 4.